The number of fused-ring (bicyclic) bond motifs is 1. The SMILES string of the molecule is CC(C)(CN)Cc1cc(Br)cc2c1OCC2. The summed E-state index contributed by atoms with van der Waals surface area (Å²) in [5.41, 5.74) is 8.50. The number of rotatable bonds is 3. The average molecular weight is 284 g/mol. The van der Waals surface area contributed by atoms with Gasteiger partial charge in [-0.25, -0.2) is 0 Å². The minimum absolute atomic E-state index is 0.126. The summed E-state index contributed by atoms with van der Waals surface area (Å²) in [5.74, 6) is 1.09. The molecule has 1 aromatic rings. The summed E-state index contributed by atoms with van der Waals surface area (Å²) in [5, 5.41) is 0. The van der Waals surface area contributed by atoms with Gasteiger partial charge in [-0.05, 0) is 41.6 Å². The highest BCUT2D eigenvalue weighted by atomic mass is 79.9. The van der Waals surface area contributed by atoms with Gasteiger partial charge >= 0.3 is 0 Å². The first-order chi connectivity index (χ1) is 7.52. The molecule has 0 atom stereocenters. The van der Waals surface area contributed by atoms with Crippen LogP contribution >= 0.6 is 15.9 Å². The van der Waals surface area contributed by atoms with Crippen LogP contribution in [0.25, 0.3) is 0 Å². The van der Waals surface area contributed by atoms with E-state index in [0.29, 0.717) is 6.54 Å². The summed E-state index contributed by atoms with van der Waals surface area (Å²) in [6, 6.07) is 4.31. The minimum Gasteiger partial charge on any atom is -0.493 e. The van der Waals surface area contributed by atoms with Crippen molar-refractivity contribution >= 4 is 15.9 Å². The number of hydrogen-bond acceptors (Lipinski definition) is 2. The lowest BCUT2D eigenvalue weighted by Crippen LogP contribution is -2.26. The second-order valence-electron chi connectivity index (χ2n) is 5.20. The monoisotopic (exact) mass is 283 g/mol. The van der Waals surface area contributed by atoms with Crippen LogP contribution in [0.15, 0.2) is 16.6 Å². The number of halogens is 1. The molecule has 0 spiro atoms. The van der Waals surface area contributed by atoms with Gasteiger partial charge < -0.3 is 10.5 Å². The van der Waals surface area contributed by atoms with Gasteiger partial charge in [-0.1, -0.05) is 29.8 Å². The number of hydrogen-bond donors (Lipinski definition) is 1. The van der Waals surface area contributed by atoms with Crippen LogP contribution < -0.4 is 10.5 Å². The highest BCUT2D eigenvalue weighted by molar-refractivity contribution is 9.10. The van der Waals surface area contributed by atoms with Crippen LogP contribution in [0, 0.1) is 5.41 Å². The van der Waals surface area contributed by atoms with E-state index in [2.05, 4.69) is 41.9 Å². The fraction of sp³-hybridized carbons (Fsp3) is 0.538. The van der Waals surface area contributed by atoms with Gasteiger partial charge in [0.25, 0.3) is 0 Å². The molecule has 1 aromatic carbocycles. The van der Waals surface area contributed by atoms with Crippen LogP contribution in [0.3, 0.4) is 0 Å². The van der Waals surface area contributed by atoms with Gasteiger partial charge in [0.15, 0.2) is 0 Å². The predicted octanol–water partition coefficient (Wildman–Crippen LogP) is 2.91. The van der Waals surface area contributed by atoms with Gasteiger partial charge in [-0.15, -0.1) is 0 Å². The van der Waals surface area contributed by atoms with E-state index in [4.69, 9.17) is 10.5 Å². The van der Waals surface area contributed by atoms with E-state index in [-0.39, 0.29) is 5.41 Å². The molecule has 0 saturated heterocycles. The Morgan fingerprint density at radius 2 is 2.19 bits per heavy atom. The Kier molecular flexibility index (Phi) is 3.27. The van der Waals surface area contributed by atoms with Gasteiger partial charge in [-0.3, -0.25) is 0 Å². The van der Waals surface area contributed by atoms with E-state index in [0.717, 1.165) is 29.7 Å². The highest BCUT2D eigenvalue weighted by Crippen LogP contribution is 2.36. The third kappa shape index (κ3) is 2.41. The Morgan fingerprint density at radius 1 is 1.44 bits per heavy atom. The molecule has 2 rings (SSSR count). The van der Waals surface area contributed by atoms with Crippen LogP contribution in [0.5, 0.6) is 5.75 Å². The molecule has 0 bridgehead atoms. The summed E-state index contributed by atoms with van der Waals surface area (Å²) >= 11 is 3.56. The van der Waals surface area contributed by atoms with E-state index >= 15 is 0 Å². The number of benzene rings is 1. The molecule has 2 nitrogen and oxygen atoms in total. The quantitative estimate of drug-likeness (QED) is 0.926. The van der Waals surface area contributed by atoms with Crippen molar-refractivity contribution in [1.82, 2.24) is 0 Å². The Morgan fingerprint density at radius 3 is 2.88 bits per heavy atom. The van der Waals surface area contributed by atoms with Crippen molar-refractivity contribution in [1.29, 1.82) is 0 Å². The molecular formula is C13H18BrNO. The molecule has 0 saturated carbocycles. The van der Waals surface area contributed by atoms with Crippen LogP contribution in [-0.2, 0) is 12.8 Å². The minimum atomic E-state index is 0.126. The molecule has 1 aliphatic heterocycles. The molecule has 88 valence electrons. The van der Waals surface area contributed by atoms with Crippen molar-refractivity contribution in [2.75, 3.05) is 13.2 Å². The van der Waals surface area contributed by atoms with E-state index in [9.17, 15) is 0 Å². The molecule has 2 N–H and O–H groups in total. The van der Waals surface area contributed by atoms with Gasteiger partial charge in [0.05, 0.1) is 6.61 Å². The zero-order valence-electron chi connectivity index (χ0n) is 9.85. The second-order valence-corrected chi connectivity index (χ2v) is 6.11. The predicted molar refractivity (Wildman–Crippen MR) is 69.9 cm³/mol. The smallest absolute Gasteiger partial charge is 0.125 e. The van der Waals surface area contributed by atoms with Crippen LogP contribution in [0.2, 0.25) is 0 Å². The molecule has 0 unspecified atom stereocenters. The molecule has 1 aliphatic rings. The first-order valence-corrected chi connectivity index (χ1v) is 6.45. The lowest BCUT2D eigenvalue weighted by Gasteiger charge is -2.23. The molecule has 0 radical (unpaired) electrons. The van der Waals surface area contributed by atoms with Crippen LogP contribution in [0.4, 0.5) is 0 Å². The number of ether oxygens (including phenoxy) is 1. The molecule has 0 amide bonds. The number of nitrogens with two attached hydrogens (primary N) is 1. The Hall–Kier alpha value is -0.540. The van der Waals surface area contributed by atoms with Gasteiger partial charge in [0.2, 0.25) is 0 Å². The molecule has 0 aromatic heterocycles. The maximum Gasteiger partial charge on any atom is 0.125 e. The fourth-order valence-electron chi connectivity index (χ4n) is 2.07. The van der Waals surface area contributed by atoms with Crippen LogP contribution in [-0.4, -0.2) is 13.2 Å². The first-order valence-electron chi connectivity index (χ1n) is 5.66. The summed E-state index contributed by atoms with van der Waals surface area (Å²) < 4.78 is 6.85. The summed E-state index contributed by atoms with van der Waals surface area (Å²) in [6.07, 6.45) is 1.98. The normalized spacial score (nSPS) is 14.8. The van der Waals surface area contributed by atoms with Crippen molar-refractivity contribution in [3.8, 4) is 5.75 Å². The highest BCUT2D eigenvalue weighted by Gasteiger charge is 2.23. The van der Waals surface area contributed by atoms with Crippen LogP contribution in [0.1, 0.15) is 25.0 Å². The Labute approximate surface area is 105 Å². The van der Waals surface area contributed by atoms with E-state index in [1.165, 1.54) is 11.1 Å². The van der Waals surface area contributed by atoms with E-state index in [1.807, 2.05) is 0 Å². The molecular weight excluding hydrogens is 266 g/mol. The second kappa shape index (κ2) is 4.38. The molecule has 16 heavy (non-hydrogen) atoms. The zero-order chi connectivity index (χ0) is 11.8. The lowest BCUT2D eigenvalue weighted by molar-refractivity contribution is 0.336. The maximum atomic E-state index is 5.78. The average Bonchev–Trinajstić information content (AvgIpc) is 2.65. The molecule has 3 heteroatoms. The standard InChI is InChI=1S/C13H18BrNO/c1-13(2,8-15)7-10-6-11(14)5-9-3-4-16-12(9)10/h5-6H,3-4,7-8,15H2,1-2H3. The molecule has 0 aliphatic carbocycles. The van der Waals surface area contributed by atoms with Crippen molar-refractivity contribution < 1.29 is 4.74 Å². The summed E-state index contributed by atoms with van der Waals surface area (Å²) in [7, 11) is 0. The van der Waals surface area contributed by atoms with Crippen molar-refractivity contribution in [3.63, 3.8) is 0 Å². The Balaban J connectivity index is 2.34. The largest absolute Gasteiger partial charge is 0.493 e. The molecule has 0 fully saturated rings. The van der Waals surface area contributed by atoms with Gasteiger partial charge in [0, 0.05) is 10.9 Å². The Bertz CT molecular complexity index is 401. The third-order valence-corrected chi connectivity index (χ3v) is 3.50. The van der Waals surface area contributed by atoms with E-state index < -0.39 is 0 Å². The summed E-state index contributed by atoms with van der Waals surface area (Å²) in [4.78, 5) is 0. The molecule has 1 heterocycles. The summed E-state index contributed by atoms with van der Waals surface area (Å²) in [6.45, 7) is 5.88. The van der Waals surface area contributed by atoms with Gasteiger partial charge in [0.1, 0.15) is 5.75 Å². The van der Waals surface area contributed by atoms with Crippen molar-refractivity contribution in [2.24, 2.45) is 11.1 Å². The lowest BCUT2D eigenvalue weighted by atomic mass is 9.85. The fourth-order valence-corrected chi connectivity index (χ4v) is 2.62. The van der Waals surface area contributed by atoms with Crippen molar-refractivity contribution in [3.05, 3.63) is 27.7 Å². The maximum absolute atomic E-state index is 5.78. The van der Waals surface area contributed by atoms with Crippen molar-refractivity contribution in [2.45, 2.75) is 26.7 Å². The zero-order valence-corrected chi connectivity index (χ0v) is 11.4. The third-order valence-electron chi connectivity index (χ3n) is 3.05. The van der Waals surface area contributed by atoms with E-state index in [1.54, 1.807) is 0 Å². The van der Waals surface area contributed by atoms with Gasteiger partial charge in [-0.2, -0.15) is 0 Å². The topological polar surface area (TPSA) is 35.2 Å². The first kappa shape index (κ1) is 11.9.